The average Bonchev–Trinajstić information content (AvgIpc) is 2.91. The summed E-state index contributed by atoms with van der Waals surface area (Å²) < 4.78 is 40.6. The van der Waals surface area contributed by atoms with Crippen LogP contribution in [0.25, 0.3) is 0 Å². The van der Waals surface area contributed by atoms with Gasteiger partial charge in [0.1, 0.15) is 29.3 Å². The Hall–Kier alpha value is -3.27. The fourth-order valence-corrected chi connectivity index (χ4v) is 3.75. The van der Waals surface area contributed by atoms with E-state index in [9.17, 15) is 33.0 Å². The molecule has 10 heteroatoms. The minimum atomic E-state index is -1.78. The van der Waals surface area contributed by atoms with Crippen molar-refractivity contribution in [2.24, 2.45) is 0 Å². The minimum Gasteiger partial charge on any atom is -0.507 e. The maximum absolute atomic E-state index is 13.8. The normalized spacial score (nSPS) is 23.2. The molecule has 2 atom stereocenters. The second kappa shape index (κ2) is 7.52. The molecular formula is C20H18F3N3O4. The van der Waals surface area contributed by atoms with Crippen LogP contribution < -0.4 is 5.32 Å². The lowest BCUT2D eigenvalue weighted by molar-refractivity contribution is -0.132. The van der Waals surface area contributed by atoms with Gasteiger partial charge in [-0.1, -0.05) is 12.2 Å². The third kappa shape index (κ3) is 3.32. The van der Waals surface area contributed by atoms with E-state index < -0.39 is 53.2 Å². The van der Waals surface area contributed by atoms with E-state index in [0.717, 1.165) is 0 Å². The van der Waals surface area contributed by atoms with E-state index in [2.05, 4.69) is 5.32 Å². The molecule has 1 saturated heterocycles. The molecule has 0 saturated carbocycles. The van der Waals surface area contributed by atoms with Crippen molar-refractivity contribution in [3.63, 3.8) is 0 Å². The molecule has 0 aliphatic carbocycles. The Morgan fingerprint density at radius 1 is 1.23 bits per heavy atom. The van der Waals surface area contributed by atoms with Gasteiger partial charge in [-0.05, 0) is 6.42 Å². The third-order valence-electron chi connectivity index (χ3n) is 5.30. The first-order valence-corrected chi connectivity index (χ1v) is 9.26. The molecule has 3 heterocycles. The molecule has 30 heavy (non-hydrogen) atoms. The van der Waals surface area contributed by atoms with Crippen LogP contribution in [0.5, 0.6) is 0 Å². The fraction of sp³-hybridized carbons (Fsp3) is 0.300. The molecular weight excluding hydrogens is 403 g/mol. The van der Waals surface area contributed by atoms with E-state index in [-0.39, 0.29) is 17.3 Å². The van der Waals surface area contributed by atoms with Crippen molar-refractivity contribution in [2.45, 2.75) is 25.1 Å². The van der Waals surface area contributed by atoms with Gasteiger partial charge >= 0.3 is 0 Å². The van der Waals surface area contributed by atoms with Gasteiger partial charge in [0.25, 0.3) is 11.8 Å². The summed E-state index contributed by atoms with van der Waals surface area (Å²) in [7, 11) is 0. The van der Waals surface area contributed by atoms with Gasteiger partial charge in [-0.15, -0.1) is 0 Å². The summed E-state index contributed by atoms with van der Waals surface area (Å²) in [4.78, 5) is 28.2. The van der Waals surface area contributed by atoms with Crippen LogP contribution >= 0.6 is 0 Å². The molecule has 2 amide bonds. The first kappa shape index (κ1) is 20.0. The van der Waals surface area contributed by atoms with Crippen molar-refractivity contribution >= 4 is 11.8 Å². The highest BCUT2D eigenvalue weighted by Crippen LogP contribution is 2.32. The van der Waals surface area contributed by atoms with Crippen LogP contribution in [-0.2, 0) is 16.1 Å². The molecule has 1 fully saturated rings. The minimum absolute atomic E-state index is 0.113. The van der Waals surface area contributed by atoms with E-state index >= 15 is 0 Å². The number of amides is 2. The number of hydrogen-bond donors (Lipinski definition) is 3. The van der Waals surface area contributed by atoms with Gasteiger partial charge in [0, 0.05) is 43.5 Å². The van der Waals surface area contributed by atoms with Crippen LogP contribution in [0.1, 0.15) is 12.0 Å². The predicted molar refractivity (Wildman–Crippen MR) is 97.9 cm³/mol. The van der Waals surface area contributed by atoms with Crippen molar-refractivity contribution in [3.8, 4) is 0 Å². The van der Waals surface area contributed by atoms with E-state index in [0.29, 0.717) is 31.6 Å². The molecule has 0 aromatic heterocycles. The highest BCUT2D eigenvalue weighted by atomic mass is 19.1. The van der Waals surface area contributed by atoms with Gasteiger partial charge in [0.15, 0.2) is 5.76 Å². The van der Waals surface area contributed by atoms with E-state index in [1.54, 1.807) is 4.90 Å². The number of benzene rings is 1. The van der Waals surface area contributed by atoms with E-state index in [1.165, 1.54) is 11.1 Å². The number of rotatable bonds is 3. The molecule has 4 rings (SSSR count). The Balaban J connectivity index is 1.59. The smallest absolute Gasteiger partial charge is 0.274 e. The molecule has 2 bridgehead atoms. The van der Waals surface area contributed by atoms with Crippen molar-refractivity contribution in [1.29, 1.82) is 0 Å². The number of halogens is 3. The number of hydrogen-bond acceptors (Lipinski definition) is 5. The van der Waals surface area contributed by atoms with Crippen LogP contribution in [0.2, 0.25) is 0 Å². The Morgan fingerprint density at radius 3 is 2.63 bits per heavy atom. The summed E-state index contributed by atoms with van der Waals surface area (Å²) in [5, 5.41) is 23.1. The first-order chi connectivity index (χ1) is 14.3. The van der Waals surface area contributed by atoms with Crippen LogP contribution in [0.15, 0.2) is 47.5 Å². The van der Waals surface area contributed by atoms with E-state index in [4.69, 9.17) is 0 Å². The molecule has 1 aromatic rings. The third-order valence-corrected chi connectivity index (χ3v) is 5.30. The molecule has 7 nitrogen and oxygen atoms in total. The summed E-state index contributed by atoms with van der Waals surface area (Å²) in [6.45, 7) is 0.215. The Labute approximate surface area is 169 Å². The average molecular weight is 421 g/mol. The zero-order valence-electron chi connectivity index (χ0n) is 15.6. The molecule has 0 spiro atoms. The number of carbonyl (C=O) groups excluding carboxylic acids is 2. The fourth-order valence-electron chi connectivity index (χ4n) is 3.75. The quantitative estimate of drug-likeness (QED) is 0.639. The van der Waals surface area contributed by atoms with Gasteiger partial charge in [-0.2, -0.15) is 0 Å². The number of carbonyl (C=O) groups is 2. The summed E-state index contributed by atoms with van der Waals surface area (Å²) >= 11 is 0. The predicted octanol–water partition coefficient (Wildman–Crippen LogP) is 1.22. The molecule has 1 unspecified atom stereocenters. The molecule has 3 aliphatic rings. The van der Waals surface area contributed by atoms with Gasteiger partial charge in [-0.3, -0.25) is 9.59 Å². The van der Waals surface area contributed by atoms with E-state index in [1.807, 2.05) is 12.2 Å². The van der Waals surface area contributed by atoms with Crippen molar-refractivity contribution in [2.75, 3.05) is 13.1 Å². The zero-order valence-corrected chi connectivity index (χ0v) is 15.6. The second-order valence-corrected chi connectivity index (χ2v) is 7.19. The van der Waals surface area contributed by atoms with Crippen molar-refractivity contribution in [3.05, 3.63) is 70.5 Å². The highest BCUT2D eigenvalue weighted by molar-refractivity contribution is 5.99. The molecule has 3 aliphatic heterocycles. The summed E-state index contributed by atoms with van der Waals surface area (Å²) in [6, 6.07) is 0.636. The Bertz CT molecular complexity index is 998. The van der Waals surface area contributed by atoms with Crippen LogP contribution in [0.3, 0.4) is 0 Å². The van der Waals surface area contributed by atoms with Gasteiger partial charge in [0.2, 0.25) is 0 Å². The molecule has 158 valence electrons. The Morgan fingerprint density at radius 2 is 1.93 bits per heavy atom. The highest BCUT2D eigenvalue weighted by Gasteiger charge is 2.43. The molecule has 1 aromatic carbocycles. The number of nitrogens with zero attached hydrogens (tertiary/aromatic N) is 2. The number of aliphatic hydroxyl groups is 2. The second-order valence-electron chi connectivity index (χ2n) is 7.19. The molecule has 3 N–H and O–H groups in total. The Kier molecular flexibility index (Phi) is 5.02. The maximum atomic E-state index is 13.8. The lowest BCUT2D eigenvalue weighted by Gasteiger charge is -2.42. The number of aliphatic hydroxyl groups excluding tert-OH is 2. The monoisotopic (exact) mass is 421 g/mol. The van der Waals surface area contributed by atoms with Crippen LogP contribution in [-0.4, -0.2) is 57.1 Å². The van der Waals surface area contributed by atoms with Gasteiger partial charge < -0.3 is 25.3 Å². The van der Waals surface area contributed by atoms with Gasteiger partial charge in [0.05, 0.1) is 11.6 Å². The van der Waals surface area contributed by atoms with Crippen LogP contribution in [0, 0.1) is 17.5 Å². The lowest BCUT2D eigenvalue weighted by Crippen LogP contribution is -2.54. The van der Waals surface area contributed by atoms with Crippen LogP contribution in [0.4, 0.5) is 13.2 Å². The summed E-state index contributed by atoms with van der Waals surface area (Å²) in [6.07, 6.45) is 3.83. The van der Waals surface area contributed by atoms with Crippen molar-refractivity contribution < 1.29 is 33.0 Å². The van der Waals surface area contributed by atoms with Crippen molar-refractivity contribution in [1.82, 2.24) is 15.1 Å². The summed E-state index contributed by atoms with van der Waals surface area (Å²) in [5.74, 6) is -5.45. The maximum Gasteiger partial charge on any atom is 0.274 e. The lowest BCUT2D eigenvalue weighted by atomic mass is 9.98. The number of fused-ring (bicyclic) bond motifs is 4. The zero-order chi connectivity index (χ0) is 21.6. The summed E-state index contributed by atoms with van der Waals surface area (Å²) in [5.41, 5.74) is -0.956. The molecule has 0 radical (unpaired) electrons. The number of piperazine rings is 1. The number of nitrogens with one attached hydrogen (secondary N) is 1. The standard InChI is InChI=1S/C20H18F3N3O4/c21-10-5-14(22)12(15(23)6-10)7-24-19(29)13-9-26-11-3-1-2-4-25(8-11)20(30)16(26)18(28)17(13)27/h1,3,5-6,9,11,17,27-28H,2,4,7-8H2,(H,24,29)/t11-,17?/m0/s1. The van der Waals surface area contributed by atoms with Gasteiger partial charge in [-0.25, -0.2) is 13.2 Å². The SMILES string of the molecule is O=C(NCc1c(F)cc(F)cc1F)C1=CN2C(=C(O)C1O)C(=O)N1CCC=C[C@H]2C1. The topological polar surface area (TPSA) is 93.1 Å². The first-order valence-electron chi connectivity index (χ1n) is 9.26. The largest absolute Gasteiger partial charge is 0.507 e.